The minimum Gasteiger partial charge on any atom is -0.456 e. The highest BCUT2D eigenvalue weighted by Crippen LogP contribution is 2.29. The van der Waals surface area contributed by atoms with E-state index in [9.17, 15) is 18.0 Å². The van der Waals surface area contributed by atoms with Crippen LogP contribution in [-0.4, -0.2) is 25.3 Å². The monoisotopic (exact) mass is 373 g/mol. The van der Waals surface area contributed by atoms with Gasteiger partial charge >= 0.3 is 6.18 Å². The number of hydrogen-bond donors (Lipinski definition) is 1. The molecule has 25 heavy (non-hydrogen) atoms. The quantitative estimate of drug-likeness (QED) is 0.692. The Balaban J connectivity index is 1.80. The third-order valence-electron chi connectivity index (χ3n) is 2.94. The molecule has 2 aromatic carbocycles. The Morgan fingerprint density at radius 1 is 1.08 bits per heavy atom. The number of anilines is 1. The highest BCUT2D eigenvalue weighted by Gasteiger charge is 2.27. The van der Waals surface area contributed by atoms with Gasteiger partial charge in [0.05, 0.1) is 18.1 Å². The molecule has 0 aliphatic heterocycles. The average molecular weight is 374 g/mol. The lowest BCUT2D eigenvalue weighted by atomic mass is 10.3. The van der Waals surface area contributed by atoms with E-state index in [1.807, 2.05) is 0 Å². The molecule has 0 saturated heterocycles. The Bertz CT molecular complexity index is 705. The number of alkyl halides is 3. The number of benzene rings is 2. The first-order chi connectivity index (χ1) is 11.8. The SMILES string of the molecule is O=C(CCOCC(F)(F)F)Nc1ccc(Oc2ccccc2Cl)cc1. The number of halogens is 4. The lowest BCUT2D eigenvalue weighted by Crippen LogP contribution is -2.20. The van der Waals surface area contributed by atoms with Crippen molar-refractivity contribution in [1.82, 2.24) is 0 Å². The largest absolute Gasteiger partial charge is 0.456 e. The third-order valence-corrected chi connectivity index (χ3v) is 3.25. The van der Waals surface area contributed by atoms with Crippen molar-refractivity contribution < 1.29 is 27.4 Å². The van der Waals surface area contributed by atoms with Crippen LogP contribution >= 0.6 is 11.6 Å². The van der Waals surface area contributed by atoms with Crippen molar-refractivity contribution in [3.8, 4) is 11.5 Å². The predicted molar refractivity (Wildman–Crippen MR) is 88.1 cm³/mol. The number of carbonyl (C=O) groups excluding carboxylic acids is 1. The summed E-state index contributed by atoms with van der Waals surface area (Å²) in [6.07, 6.45) is -4.57. The number of rotatable bonds is 7. The van der Waals surface area contributed by atoms with Gasteiger partial charge in [-0.3, -0.25) is 4.79 Å². The molecule has 4 nitrogen and oxygen atoms in total. The smallest absolute Gasteiger partial charge is 0.411 e. The second kappa shape index (κ2) is 8.73. The zero-order valence-electron chi connectivity index (χ0n) is 13.0. The second-order valence-electron chi connectivity index (χ2n) is 5.02. The van der Waals surface area contributed by atoms with Crippen molar-refractivity contribution in [3.05, 3.63) is 53.6 Å². The Morgan fingerprint density at radius 2 is 1.76 bits per heavy atom. The van der Waals surface area contributed by atoms with Gasteiger partial charge in [0, 0.05) is 5.69 Å². The Morgan fingerprint density at radius 3 is 2.40 bits per heavy atom. The molecule has 0 atom stereocenters. The molecule has 134 valence electrons. The minimum atomic E-state index is -4.39. The maximum atomic E-state index is 11.9. The van der Waals surface area contributed by atoms with E-state index in [0.29, 0.717) is 22.2 Å². The van der Waals surface area contributed by atoms with E-state index in [0.717, 1.165) is 0 Å². The minimum absolute atomic E-state index is 0.173. The summed E-state index contributed by atoms with van der Waals surface area (Å²) in [7, 11) is 0. The molecule has 0 bridgehead atoms. The predicted octanol–water partition coefficient (Wildman–Crippen LogP) is 5.04. The molecule has 0 saturated carbocycles. The number of nitrogens with one attached hydrogen (secondary N) is 1. The number of para-hydroxylation sites is 1. The molecule has 2 aromatic rings. The molecular weight excluding hydrogens is 359 g/mol. The van der Waals surface area contributed by atoms with Crippen molar-refractivity contribution >= 4 is 23.2 Å². The highest BCUT2D eigenvalue weighted by molar-refractivity contribution is 6.32. The van der Waals surface area contributed by atoms with Gasteiger partial charge in [0.25, 0.3) is 0 Å². The summed E-state index contributed by atoms with van der Waals surface area (Å²) in [6.45, 7) is -1.67. The maximum absolute atomic E-state index is 11.9. The topological polar surface area (TPSA) is 47.6 Å². The van der Waals surface area contributed by atoms with Crippen molar-refractivity contribution in [2.45, 2.75) is 12.6 Å². The van der Waals surface area contributed by atoms with Gasteiger partial charge in [-0.05, 0) is 36.4 Å². The van der Waals surface area contributed by atoms with Crippen LogP contribution in [0.1, 0.15) is 6.42 Å². The van der Waals surface area contributed by atoms with Crippen LogP contribution in [0, 0.1) is 0 Å². The highest BCUT2D eigenvalue weighted by atomic mass is 35.5. The number of ether oxygens (including phenoxy) is 2. The zero-order valence-corrected chi connectivity index (χ0v) is 13.7. The van der Waals surface area contributed by atoms with Crippen LogP contribution in [-0.2, 0) is 9.53 Å². The van der Waals surface area contributed by atoms with E-state index < -0.39 is 18.7 Å². The first-order valence-electron chi connectivity index (χ1n) is 7.30. The van der Waals surface area contributed by atoms with Gasteiger partial charge in [-0.2, -0.15) is 13.2 Å². The van der Waals surface area contributed by atoms with Crippen LogP contribution < -0.4 is 10.1 Å². The summed E-state index contributed by atoms with van der Waals surface area (Å²) in [6, 6.07) is 13.5. The maximum Gasteiger partial charge on any atom is 0.411 e. The fourth-order valence-corrected chi connectivity index (χ4v) is 2.01. The normalized spacial score (nSPS) is 11.2. The Hall–Kier alpha value is -2.25. The summed E-state index contributed by atoms with van der Waals surface area (Å²) in [5, 5.41) is 3.03. The summed E-state index contributed by atoms with van der Waals surface area (Å²) in [4.78, 5) is 11.6. The van der Waals surface area contributed by atoms with E-state index in [1.54, 1.807) is 48.5 Å². The molecule has 0 aliphatic carbocycles. The fourth-order valence-electron chi connectivity index (χ4n) is 1.84. The number of amides is 1. The molecule has 0 unspecified atom stereocenters. The Labute approximate surface area is 147 Å². The van der Waals surface area contributed by atoms with Crippen LogP contribution in [0.2, 0.25) is 5.02 Å². The van der Waals surface area contributed by atoms with E-state index in [1.165, 1.54) is 0 Å². The van der Waals surface area contributed by atoms with Crippen molar-refractivity contribution in [3.63, 3.8) is 0 Å². The van der Waals surface area contributed by atoms with Crippen molar-refractivity contribution in [1.29, 1.82) is 0 Å². The third kappa shape index (κ3) is 7.03. The van der Waals surface area contributed by atoms with Gasteiger partial charge < -0.3 is 14.8 Å². The van der Waals surface area contributed by atoms with E-state index in [4.69, 9.17) is 16.3 Å². The van der Waals surface area contributed by atoms with Crippen LogP contribution in [0.5, 0.6) is 11.5 Å². The number of hydrogen-bond acceptors (Lipinski definition) is 3. The van der Waals surface area contributed by atoms with Gasteiger partial charge in [-0.1, -0.05) is 23.7 Å². The summed E-state index contributed by atoms with van der Waals surface area (Å²) in [5.41, 5.74) is 0.493. The van der Waals surface area contributed by atoms with Crippen LogP contribution in [0.15, 0.2) is 48.5 Å². The summed E-state index contributed by atoms with van der Waals surface area (Å²) >= 11 is 6.00. The van der Waals surface area contributed by atoms with Gasteiger partial charge in [-0.25, -0.2) is 0 Å². The van der Waals surface area contributed by atoms with E-state index in [2.05, 4.69) is 10.1 Å². The molecule has 8 heteroatoms. The molecule has 0 aromatic heterocycles. The van der Waals surface area contributed by atoms with Crippen LogP contribution in [0.25, 0.3) is 0 Å². The average Bonchev–Trinajstić information content (AvgIpc) is 2.55. The molecule has 1 N–H and O–H groups in total. The van der Waals surface area contributed by atoms with Crippen molar-refractivity contribution in [2.24, 2.45) is 0 Å². The van der Waals surface area contributed by atoms with Crippen molar-refractivity contribution in [2.75, 3.05) is 18.5 Å². The molecule has 0 aliphatic rings. The molecule has 0 radical (unpaired) electrons. The first kappa shape index (κ1) is 19.1. The molecular formula is C17H15ClF3NO3. The summed E-state index contributed by atoms with van der Waals surface area (Å²) in [5.74, 6) is 0.587. The molecule has 1 amide bonds. The van der Waals surface area contributed by atoms with E-state index >= 15 is 0 Å². The molecule has 2 rings (SSSR count). The molecule has 0 fully saturated rings. The standard InChI is InChI=1S/C17H15ClF3NO3/c18-14-3-1-2-4-15(14)25-13-7-5-12(6-8-13)22-16(23)9-10-24-11-17(19,20)21/h1-8H,9-11H2,(H,22,23). The number of carbonyl (C=O) groups is 1. The molecule has 0 heterocycles. The van der Waals surface area contributed by atoms with Gasteiger partial charge in [0.1, 0.15) is 18.1 Å². The van der Waals surface area contributed by atoms with Gasteiger partial charge in [0.2, 0.25) is 5.91 Å². The van der Waals surface area contributed by atoms with Crippen LogP contribution in [0.4, 0.5) is 18.9 Å². The van der Waals surface area contributed by atoms with Gasteiger partial charge in [-0.15, -0.1) is 0 Å². The van der Waals surface area contributed by atoms with E-state index in [-0.39, 0.29) is 13.0 Å². The fraction of sp³-hybridized carbons (Fsp3) is 0.235. The zero-order chi connectivity index (χ0) is 18.3. The second-order valence-corrected chi connectivity index (χ2v) is 5.43. The lowest BCUT2D eigenvalue weighted by molar-refractivity contribution is -0.174. The molecule has 0 spiro atoms. The summed E-state index contributed by atoms with van der Waals surface area (Å²) < 4.78 is 45.7. The first-order valence-corrected chi connectivity index (χ1v) is 7.68. The van der Waals surface area contributed by atoms with Crippen LogP contribution in [0.3, 0.4) is 0 Å². The lowest BCUT2D eigenvalue weighted by Gasteiger charge is -2.10. The van der Waals surface area contributed by atoms with Gasteiger partial charge in [0.15, 0.2) is 0 Å². The Kier molecular flexibility index (Phi) is 6.66.